The van der Waals surface area contributed by atoms with E-state index in [-0.39, 0.29) is 5.97 Å². The summed E-state index contributed by atoms with van der Waals surface area (Å²) in [5.74, 6) is -0.277. The first-order chi connectivity index (χ1) is 9.13. The van der Waals surface area contributed by atoms with Crippen LogP contribution in [0.4, 0.5) is 0 Å². The Labute approximate surface area is 114 Å². The number of nitrogens with zero attached hydrogens (tertiary/aromatic N) is 2. The fraction of sp³-hybridized carbons (Fsp3) is 0.692. The van der Waals surface area contributed by atoms with Crippen LogP contribution < -0.4 is 5.32 Å². The van der Waals surface area contributed by atoms with E-state index in [1.807, 2.05) is 20.2 Å². The second-order valence-electron chi connectivity index (χ2n) is 4.19. The van der Waals surface area contributed by atoms with Crippen molar-refractivity contribution in [3.8, 4) is 0 Å². The van der Waals surface area contributed by atoms with Crippen LogP contribution >= 0.6 is 0 Å². The summed E-state index contributed by atoms with van der Waals surface area (Å²) in [6.45, 7) is 5.30. The Morgan fingerprint density at radius 2 is 2.26 bits per heavy atom. The number of methoxy groups -OCH3 is 1. The zero-order valence-electron chi connectivity index (χ0n) is 12.1. The van der Waals surface area contributed by atoms with Crippen molar-refractivity contribution in [3.63, 3.8) is 0 Å². The van der Waals surface area contributed by atoms with Crippen LogP contribution in [0.2, 0.25) is 0 Å². The molecule has 108 valence electrons. The van der Waals surface area contributed by atoms with Crippen LogP contribution in [-0.4, -0.2) is 42.6 Å². The molecule has 0 saturated heterocycles. The van der Waals surface area contributed by atoms with Gasteiger partial charge in [-0.05, 0) is 13.3 Å². The number of aromatic nitrogens is 2. The van der Waals surface area contributed by atoms with Gasteiger partial charge < -0.3 is 9.47 Å². The van der Waals surface area contributed by atoms with Gasteiger partial charge in [-0.15, -0.1) is 0 Å². The molecule has 1 aromatic rings. The summed E-state index contributed by atoms with van der Waals surface area (Å²) in [5.41, 5.74) is 1.78. The molecule has 6 nitrogen and oxygen atoms in total. The molecule has 19 heavy (non-hydrogen) atoms. The van der Waals surface area contributed by atoms with Crippen molar-refractivity contribution in [2.75, 3.05) is 26.9 Å². The highest BCUT2D eigenvalue weighted by molar-refractivity contribution is 5.78. The molecule has 1 rings (SSSR count). The van der Waals surface area contributed by atoms with E-state index in [9.17, 15) is 4.79 Å². The Hall–Kier alpha value is -1.40. The van der Waals surface area contributed by atoms with Crippen LogP contribution in [0.15, 0.2) is 6.20 Å². The molecule has 0 aliphatic carbocycles. The van der Waals surface area contributed by atoms with Crippen LogP contribution in [0.5, 0.6) is 0 Å². The fourth-order valence-corrected chi connectivity index (χ4v) is 1.92. The van der Waals surface area contributed by atoms with Gasteiger partial charge in [0.15, 0.2) is 0 Å². The maximum atomic E-state index is 12.1. The zero-order chi connectivity index (χ0) is 14.3. The number of rotatable bonds is 8. The summed E-state index contributed by atoms with van der Waals surface area (Å²) in [7, 11) is 3.47. The lowest BCUT2D eigenvalue weighted by atomic mass is 10.1. The standard InChI is InChI=1S/C13H23N3O3/c1-5-11-10(9-16(3)15-11)12(13(17)19-6-2)14-7-8-18-4/h9,12,14H,5-8H2,1-4H3. The first-order valence-electron chi connectivity index (χ1n) is 6.55. The Balaban J connectivity index is 2.90. The van der Waals surface area contributed by atoms with Crippen molar-refractivity contribution in [1.82, 2.24) is 15.1 Å². The summed E-state index contributed by atoms with van der Waals surface area (Å²) < 4.78 is 11.8. The number of carbonyl (C=O) groups is 1. The van der Waals surface area contributed by atoms with Crippen molar-refractivity contribution >= 4 is 5.97 Å². The maximum absolute atomic E-state index is 12.1. The minimum absolute atomic E-state index is 0.277. The van der Waals surface area contributed by atoms with Gasteiger partial charge in [0.1, 0.15) is 6.04 Å². The van der Waals surface area contributed by atoms with E-state index in [0.717, 1.165) is 17.7 Å². The molecule has 0 radical (unpaired) electrons. The smallest absolute Gasteiger partial charge is 0.327 e. The lowest BCUT2D eigenvalue weighted by Gasteiger charge is -2.17. The van der Waals surface area contributed by atoms with E-state index < -0.39 is 6.04 Å². The van der Waals surface area contributed by atoms with Crippen molar-refractivity contribution in [2.24, 2.45) is 7.05 Å². The number of aryl methyl sites for hydroxylation is 2. The molecule has 0 aliphatic heterocycles. The normalized spacial score (nSPS) is 12.4. The van der Waals surface area contributed by atoms with E-state index in [1.165, 1.54) is 0 Å². The van der Waals surface area contributed by atoms with Crippen molar-refractivity contribution in [1.29, 1.82) is 0 Å². The lowest BCUT2D eigenvalue weighted by molar-refractivity contribution is -0.145. The average molecular weight is 269 g/mol. The molecule has 0 amide bonds. The van der Waals surface area contributed by atoms with Crippen LogP contribution in [-0.2, 0) is 27.7 Å². The molecule has 1 atom stereocenters. The van der Waals surface area contributed by atoms with Gasteiger partial charge in [0.25, 0.3) is 0 Å². The van der Waals surface area contributed by atoms with E-state index >= 15 is 0 Å². The van der Waals surface area contributed by atoms with E-state index in [4.69, 9.17) is 9.47 Å². The third-order valence-corrected chi connectivity index (χ3v) is 2.76. The van der Waals surface area contributed by atoms with Gasteiger partial charge in [0, 0.05) is 32.5 Å². The molecule has 0 saturated carbocycles. The van der Waals surface area contributed by atoms with Crippen LogP contribution in [0.3, 0.4) is 0 Å². The summed E-state index contributed by atoms with van der Waals surface area (Å²) in [5, 5.41) is 7.52. The van der Waals surface area contributed by atoms with E-state index in [0.29, 0.717) is 19.8 Å². The highest BCUT2D eigenvalue weighted by Crippen LogP contribution is 2.19. The van der Waals surface area contributed by atoms with E-state index in [2.05, 4.69) is 10.4 Å². The van der Waals surface area contributed by atoms with Crippen molar-refractivity contribution in [3.05, 3.63) is 17.5 Å². The zero-order valence-corrected chi connectivity index (χ0v) is 12.1. The van der Waals surface area contributed by atoms with Gasteiger partial charge in [0.2, 0.25) is 0 Å². The molecule has 0 fully saturated rings. The highest BCUT2D eigenvalue weighted by atomic mass is 16.5. The molecular weight excluding hydrogens is 246 g/mol. The number of esters is 1. The third-order valence-electron chi connectivity index (χ3n) is 2.76. The predicted molar refractivity (Wildman–Crippen MR) is 71.8 cm³/mol. The number of nitrogens with one attached hydrogen (secondary N) is 1. The number of carbonyl (C=O) groups excluding carboxylic acids is 1. The maximum Gasteiger partial charge on any atom is 0.327 e. The molecule has 6 heteroatoms. The predicted octanol–water partition coefficient (Wildman–Crippen LogP) is 0.823. The van der Waals surface area contributed by atoms with Gasteiger partial charge in [-0.2, -0.15) is 5.10 Å². The quantitative estimate of drug-likeness (QED) is 0.559. The van der Waals surface area contributed by atoms with Gasteiger partial charge >= 0.3 is 5.97 Å². The third kappa shape index (κ3) is 4.33. The molecule has 1 N–H and O–H groups in total. The minimum atomic E-state index is -0.487. The molecule has 0 spiro atoms. The van der Waals surface area contributed by atoms with Gasteiger partial charge in [-0.1, -0.05) is 6.92 Å². The van der Waals surface area contributed by atoms with Gasteiger partial charge in [-0.25, -0.2) is 4.79 Å². The average Bonchev–Trinajstić information content (AvgIpc) is 2.76. The summed E-state index contributed by atoms with van der Waals surface area (Å²) in [6.07, 6.45) is 2.64. The topological polar surface area (TPSA) is 65.4 Å². The SMILES string of the molecule is CCOC(=O)C(NCCOC)c1cn(C)nc1CC. The van der Waals surface area contributed by atoms with Crippen molar-refractivity contribution < 1.29 is 14.3 Å². The minimum Gasteiger partial charge on any atom is -0.465 e. The lowest BCUT2D eigenvalue weighted by Crippen LogP contribution is -2.33. The van der Waals surface area contributed by atoms with Gasteiger partial charge in [0.05, 0.1) is 18.9 Å². The van der Waals surface area contributed by atoms with Crippen LogP contribution in [0.1, 0.15) is 31.1 Å². The monoisotopic (exact) mass is 269 g/mol. The Morgan fingerprint density at radius 3 is 2.84 bits per heavy atom. The largest absolute Gasteiger partial charge is 0.465 e. The van der Waals surface area contributed by atoms with E-state index in [1.54, 1.807) is 18.7 Å². The Kier molecular flexibility index (Phi) is 6.52. The highest BCUT2D eigenvalue weighted by Gasteiger charge is 2.25. The molecular formula is C13H23N3O3. The summed E-state index contributed by atoms with van der Waals surface area (Å²) >= 11 is 0. The fourth-order valence-electron chi connectivity index (χ4n) is 1.92. The van der Waals surface area contributed by atoms with Crippen LogP contribution in [0.25, 0.3) is 0 Å². The number of ether oxygens (including phenoxy) is 2. The second-order valence-corrected chi connectivity index (χ2v) is 4.19. The van der Waals surface area contributed by atoms with Gasteiger partial charge in [-0.3, -0.25) is 10.00 Å². The Bertz CT molecular complexity index is 404. The molecule has 1 aromatic heterocycles. The molecule has 0 aromatic carbocycles. The first kappa shape index (κ1) is 15.7. The number of hydrogen-bond acceptors (Lipinski definition) is 5. The van der Waals surface area contributed by atoms with Crippen molar-refractivity contribution in [2.45, 2.75) is 26.3 Å². The molecule has 0 bridgehead atoms. The number of hydrogen-bond donors (Lipinski definition) is 1. The first-order valence-corrected chi connectivity index (χ1v) is 6.55. The second kappa shape index (κ2) is 7.91. The molecule has 0 aliphatic rings. The summed E-state index contributed by atoms with van der Waals surface area (Å²) in [6, 6.07) is -0.487. The summed E-state index contributed by atoms with van der Waals surface area (Å²) in [4.78, 5) is 12.1. The Morgan fingerprint density at radius 1 is 1.53 bits per heavy atom. The molecule has 1 heterocycles. The van der Waals surface area contributed by atoms with Crippen LogP contribution in [0, 0.1) is 0 Å². The molecule has 1 unspecified atom stereocenters.